The molecule has 2 rings (SSSR count). The van der Waals surface area contributed by atoms with E-state index < -0.39 is 40.9 Å². The van der Waals surface area contributed by atoms with Gasteiger partial charge in [-0.05, 0) is 36.8 Å². The van der Waals surface area contributed by atoms with Crippen molar-refractivity contribution in [3.05, 3.63) is 70.8 Å². The summed E-state index contributed by atoms with van der Waals surface area (Å²) in [6.45, 7) is 1.42. The van der Waals surface area contributed by atoms with E-state index in [-0.39, 0.29) is 5.56 Å². The lowest BCUT2D eigenvalue weighted by molar-refractivity contribution is -0.137. The van der Waals surface area contributed by atoms with Gasteiger partial charge in [-0.25, -0.2) is 8.78 Å². The molecule has 1 N–H and O–H groups in total. The summed E-state index contributed by atoms with van der Waals surface area (Å²) in [5.41, 5.74) is -1.47. The van der Waals surface area contributed by atoms with Crippen LogP contribution in [0.3, 0.4) is 0 Å². The van der Waals surface area contributed by atoms with Gasteiger partial charge in [0.25, 0.3) is 5.91 Å². The minimum atomic E-state index is -4.52. The lowest BCUT2D eigenvalue weighted by Crippen LogP contribution is -2.28. The van der Waals surface area contributed by atoms with E-state index in [0.29, 0.717) is 0 Å². The van der Waals surface area contributed by atoms with E-state index >= 15 is 0 Å². The van der Waals surface area contributed by atoms with Crippen LogP contribution in [0.15, 0.2) is 42.5 Å². The zero-order chi connectivity index (χ0) is 17.2. The third-order valence-electron chi connectivity index (χ3n) is 3.25. The molecule has 0 aliphatic rings. The van der Waals surface area contributed by atoms with Crippen molar-refractivity contribution in [2.24, 2.45) is 0 Å². The average molecular weight is 329 g/mol. The third kappa shape index (κ3) is 3.85. The molecule has 0 spiro atoms. The number of hydrogen-bond donors (Lipinski definition) is 1. The largest absolute Gasteiger partial charge is 0.416 e. The molecule has 0 aliphatic heterocycles. The normalized spacial score (nSPS) is 12.8. The first-order valence-electron chi connectivity index (χ1n) is 6.62. The first-order valence-corrected chi connectivity index (χ1v) is 6.62. The first kappa shape index (κ1) is 16.9. The highest BCUT2D eigenvalue weighted by Crippen LogP contribution is 2.30. The number of benzene rings is 2. The van der Waals surface area contributed by atoms with Crippen molar-refractivity contribution in [3.8, 4) is 0 Å². The molecule has 2 nitrogen and oxygen atoms in total. The molecule has 0 heterocycles. The zero-order valence-corrected chi connectivity index (χ0v) is 11.9. The third-order valence-corrected chi connectivity index (χ3v) is 3.25. The fraction of sp³-hybridized carbons (Fsp3) is 0.188. The lowest BCUT2D eigenvalue weighted by atomic mass is 10.0. The molecule has 122 valence electrons. The lowest BCUT2D eigenvalue weighted by Gasteiger charge is -2.16. The van der Waals surface area contributed by atoms with Crippen LogP contribution >= 0.6 is 0 Å². The maximum Gasteiger partial charge on any atom is 0.416 e. The number of carbonyl (C=O) groups excluding carboxylic acids is 1. The minimum Gasteiger partial charge on any atom is -0.345 e. The quantitative estimate of drug-likeness (QED) is 0.827. The molecule has 2 aromatic carbocycles. The maximum absolute atomic E-state index is 13.5. The van der Waals surface area contributed by atoms with Crippen molar-refractivity contribution >= 4 is 5.91 Å². The predicted molar refractivity (Wildman–Crippen MR) is 73.7 cm³/mol. The monoisotopic (exact) mass is 329 g/mol. The van der Waals surface area contributed by atoms with Crippen LogP contribution in [0.4, 0.5) is 22.0 Å². The molecule has 0 saturated heterocycles. The molecule has 7 heteroatoms. The standard InChI is InChI=1S/C16H12F5NO/c1-9(10-4-2-5-11(8-10)16(19,20)21)22-15(23)14-12(17)6-3-7-13(14)18/h2-9H,1H3,(H,22,23). The van der Waals surface area contributed by atoms with Crippen LogP contribution in [0.2, 0.25) is 0 Å². The van der Waals surface area contributed by atoms with Gasteiger partial charge in [0.2, 0.25) is 0 Å². The molecular formula is C16H12F5NO. The van der Waals surface area contributed by atoms with Crippen molar-refractivity contribution in [2.75, 3.05) is 0 Å². The number of alkyl halides is 3. The molecule has 1 unspecified atom stereocenters. The fourth-order valence-corrected chi connectivity index (χ4v) is 2.05. The number of hydrogen-bond acceptors (Lipinski definition) is 1. The minimum absolute atomic E-state index is 0.171. The summed E-state index contributed by atoms with van der Waals surface area (Å²) in [4.78, 5) is 11.9. The van der Waals surface area contributed by atoms with Crippen LogP contribution in [0.1, 0.15) is 34.5 Å². The molecule has 0 aromatic heterocycles. The predicted octanol–water partition coefficient (Wildman–Crippen LogP) is 4.47. The van der Waals surface area contributed by atoms with Gasteiger partial charge in [-0.3, -0.25) is 4.79 Å². The molecule has 0 radical (unpaired) electrons. The van der Waals surface area contributed by atoms with Crippen LogP contribution in [-0.4, -0.2) is 5.91 Å². The Bertz CT molecular complexity index is 706. The molecule has 23 heavy (non-hydrogen) atoms. The number of nitrogens with one attached hydrogen (secondary N) is 1. The van der Waals surface area contributed by atoms with Gasteiger partial charge in [-0.15, -0.1) is 0 Å². The summed E-state index contributed by atoms with van der Waals surface area (Å²) >= 11 is 0. The van der Waals surface area contributed by atoms with Gasteiger partial charge in [-0.1, -0.05) is 18.2 Å². The van der Waals surface area contributed by atoms with Gasteiger partial charge in [0.1, 0.15) is 17.2 Å². The highest BCUT2D eigenvalue weighted by atomic mass is 19.4. The second kappa shape index (κ2) is 6.36. The SMILES string of the molecule is CC(NC(=O)c1c(F)cccc1F)c1cccc(C(F)(F)F)c1. The maximum atomic E-state index is 13.5. The van der Waals surface area contributed by atoms with E-state index in [9.17, 15) is 26.7 Å². The summed E-state index contributed by atoms with van der Waals surface area (Å²) < 4.78 is 65.1. The van der Waals surface area contributed by atoms with E-state index in [2.05, 4.69) is 5.32 Å². The van der Waals surface area contributed by atoms with Gasteiger partial charge in [0, 0.05) is 0 Å². The number of carbonyl (C=O) groups is 1. The Labute approximate surface area is 128 Å². The molecule has 1 amide bonds. The van der Waals surface area contributed by atoms with Crippen LogP contribution in [0, 0.1) is 11.6 Å². The van der Waals surface area contributed by atoms with Crippen molar-refractivity contribution in [1.82, 2.24) is 5.32 Å². The van der Waals surface area contributed by atoms with Crippen molar-refractivity contribution in [1.29, 1.82) is 0 Å². The molecule has 0 saturated carbocycles. The highest BCUT2D eigenvalue weighted by molar-refractivity contribution is 5.95. The summed E-state index contributed by atoms with van der Waals surface area (Å²) in [7, 11) is 0. The number of halogens is 5. The molecular weight excluding hydrogens is 317 g/mol. The summed E-state index contributed by atoms with van der Waals surface area (Å²) in [5.74, 6) is -3.12. The summed E-state index contributed by atoms with van der Waals surface area (Å²) in [6.07, 6.45) is -4.52. The van der Waals surface area contributed by atoms with Crippen molar-refractivity contribution in [3.63, 3.8) is 0 Å². The Balaban J connectivity index is 2.22. The van der Waals surface area contributed by atoms with E-state index in [0.717, 1.165) is 30.3 Å². The van der Waals surface area contributed by atoms with E-state index in [1.165, 1.54) is 19.1 Å². The molecule has 0 aliphatic carbocycles. The van der Waals surface area contributed by atoms with Crippen molar-refractivity contribution < 1.29 is 26.7 Å². The Kier molecular flexibility index (Phi) is 4.68. The number of rotatable bonds is 3. The van der Waals surface area contributed by atoms with Gasteiger partial charge in [-0.2, -0.15) is 13.2 Å². The molecule has 0 fully saturated rings. The second-order valence-electron chi connectivity index (χ2n) is 4.92. The van der Waals surface area contributed by atoms with Crippen LogP contribution in [0.25, 0.3) is 0 Å². The fourth-order valence-electron chi connectivity index (χ4n) is 2.05. The smallest absolute Gasteiger partial charge is 0.345 e. The van der Waals surface area contributed by atoms with Crippen molar-refractivity contribution in [2.45, 2.75) is 19.1 Å². The average Bonchev–Trinajstić information content (AvgIpc) is 2.46. The molecule has 0 bridgehead atoms. The second-order valence-corrected chi connectivity index (χ2v) is 4.92. The Morgan fingerprint density at radius 1 is 1.04 bits per heavy atom. The summed E-state index contributed by atoms with van der Waals surface area (Å²) in [5, 5.41) is 2.29. The summed E-state index contributed by atoms with van der Waals surface area (Å²) in [6, 6.07) is 6.46. The van der Waals surface area contributed by atoms with Crippen LogP contribution < -0.4 is 5.32 Å². The molecule has 2 aromatic rings. The Morgan fingerprint density at radius 3 is 2.17 bits per heavy atom. The van der Waals surface area contributed by atoms with Gasteiger partial charge < -0.3 is 5.32 Å². The zero-order valence-electron chi connectivity index (χ0n) is 11.9. The Morgan fingerprint density at radius 2 is 1.61 bits per heavy atom. The highest BCUT2D eigenvalue weighted by Gasteiger charge is 2.31. The van der Waals surface area contributed by atoms with E-state index in [1.807, 2.05) is 0 Å². The first-order chi connectivity index (χ1) is 10.7. The van der Waals surface area contributed by atoms with Crippen LogP contribution in [0.5, 0.6) is 0 Å². The van der Waals surface area contributed by atoms with Gasteiger partial charge in [0.15, 0.2) is 0 Å². The van der Waals surface area contributed by atoms with E-state index in [1.54, 1.807) is 0 Å². The van der Waals surface area contributed by atoms with Gasteiger partial charge in [0.05, 0.1) is 11.6 Å². The Hall–Kier alpha value is -2.44. The number of amides is 1. The van der Waals surface area contributed by atoms with E-state index in [4.69, 9.17) is 0 Å². The molecule has 1 atom stereocenters. The topological polar surface area (TPSA) is 29.1 Å². The van der Waals surface area contributed by atoms with Gasteiger partial charge >= 0.3 is 6.18 Å². The van der Waals surface area contributed by atoms with Crippen LogP contribution in [-0.2, 0) is 6.18 Å².